The molecule has 0 aliphatic carbocycles. The fraction of sp³-hybridized carbons (Fsp3) is 0.385. The van der Waals surface area contributed by atoms with Crippen molar-refractivity contribution >= 4 is 40.1 Å². The van der Waals surface area contributed by atoms with Gasteiger partial charge in [0.05, 0.1) is 11.4 Å². The molecule has 1 aliphatic heterocycles. The molecule has 1 saturated heterocycles. The number of anilines is 1. The SMILES string of the molecule is ClCc1nc(N2CCSCC2)c2ccccc2n1. The molecule has 0 bridgehead atoms. The van der Waals surface area contributed by atoms with Crippen molar-refractivity contribution in [3.8, 4) is 0 Å². The van der Waals surface area contributed by atoms with Crippen LogP contribution in [0.15, 0.2) is 24.3 Å². The first-order valence-corrected chi connectivity index (χ1v) is 7.72. The summed E-state index contributed by atoms with van der Waals surface area (Å²) in [6.45, 7) is 2.10. The van der Waals surface area contributed by atoms with E-state index in [1.165, 1.54) is 0 Å². The highest BCUT2D eigenvalue weighted by Crippen LogP contribution is 2.26. The Balaban J connectivity index is 2.12. The van der Waals surface area contributed by atoms with E-state index in [2.05, 4.69) is 20.9 Å². The lowest BCUT2D eigenvalue weighted by Crippen LogP contribution is -2.33. The molecule has 1 aliphatic rings. The van der Waals surface area contributed by atoms with Crippen molar-refractivity contribution < 1.29 is 0 Å². The van der Waals surface area contributed by atoms with Crippen molar-refractivity contribution in [1.82, 2.24) is 9.97 Å². The van der Waals surface area contributed by atoms with Gasteiger partial charge in [0.2, 0.25) is 0 Å². The fourth-order valence-electron chi connectivity index (χ4n) is 2.18. The molecule has 0 spiro atoms. The summed E-state index contributed by atoms with van der Waals surface area (Å²) in [5, 5.41) is 1.12. The number of hydrogen-bond donors (Lipinski definition) is 0. The van der Waals surface area contributed by atoms with Crippen LogP contribution in [0.3, 0.4) is 0 Å². The number of para-hydroxylation sites is 1. The number of hydrogen-bond acceptors (Lipinski definition) is 4. The summed E-state index contributed by atoms with van der Waals surface area (Å²) < 4.78 is 0. The number of benzene rings is 1. The second kappa shape index (κ2) is 5.33. The van der Waals surface area contributed by atoms with Crippen molar-refractivity contribution in [2.75, 3.05) is 29.5 Å². The number of rotatable bonds is 2. The van der Waals surface area contributed by atoms with Crippen LogP contribution in [0.5, 0.6) is 0 Å². The Morgan fingerprint density at radius 1 is 1.17 bits per heavy atom. The molecule has 5 heteroatoms. The third kappa shape index (κ3) is 2.27. The molecule has 3 nitrogen and oxygen atoms in total. The van der Waals surface area contributed by atoms with Gasteiger partial charge in [-0.15, -0.1) is 11.6 Å². The highest BCUT2D eigenvalue weighted by molar-refractivity contribution is 7.99. The largest absolute Gasteiger partial charge is 0.354 e. The number of thioether (sulfide) groups is 1. The van der Waals surface area contributed by atoms with E-state index in [9.17, 15) is 0 Å². The van der Waals surface area contributed by atoms with E-state index in [-0.39, 0.29) is 0 Å². The van der Waals surface area contributed by atoms with Crippen LogP contribution in [0.2, 0.25) is 0 Å². The first kappa shape index (κ1) is 12.1. The summed E-state index contributed by atoms with van der Waals surface area (Å²) in [6, 6.07) is 8.15. The first-order chi connectivity index (χ1) is 8.88. The van der Waals surface area contributed by atoms with Crippen molar-refractivity contribution in [1.29, 1.82) is 0 Å². The van der Waals surface area contributed by atoms with E-state index in [0.717, 1.165) is 41.3 Å². The summed E-state index contributed by atoms with van der Waals surface area (Å²) >= 11 is 7.89. The summed E-state index contributed by atoms with van der Waals surface area (Å²) in [7, 11) is 0. The molecule has 0 radical (unpaired) electrons. The Hall–Kier alpha value is -1.00. The van der Waals surface area contributed by atoms with Crippen LogP contribution in [-0.2, 0) is 5.88 Å². The van der Waals surface area contributed by atoms with Crippen LogP contribution in [0.25, 0.3) is 10.9 Å². The lowest BCUT2D eigenvalue weighted by atomic mass is 10.2. The van der Waals surface area contributed by atoms with E-state index in [1.807, 2.05) is 30.0 Å². The summed E-state index contributed by atoms with van der Waals surface area (Å²) in [5.74, 6) is 4.43. The van der Waals surface area contributed by atoms with E-state index < -0.39 is 0 Å². The van der Waals surface area contributed by atoms with Gasteiger partial charge in [-0.1, -0.05) is 12.1 Å². The van der Waals surface area contributed by atoms with Crippen LogP contribution in [-0.4, -0.2) is 34.6 Å². The quantitative estimate of drug-likeness (QED) is 0.791. The summed E-state index contributed by atoms with van der Waals surface area (Å²) in [5.41, 5.74) is 0.983. The standard InChI is InChI=1S/C13H14ClN3S/c14-9-12-15-11-4-2-1-3-10(11)13(16-12)17-5-7-18-8-6-17/h1-4H,5-9H2. The predicted octanol–water partition coefficient (Wildman–Crippen LogP) is 2.92. The van der Waals surface area contributed by atoms with Crippen molar-refractivity contribution in [3.63, 3.8) is 0 Å². The average Bonchev–Trinajstić information content (AvgIpc) is 2.47. The zero-order valence-electron chi connectivity index (χ0n) is 9.97. The molecule has 2 aromatic rings. The lowest BCUT2D eigenvalue weighted by molar-refractivity contribution is 0.835. The molecule has 0 unspecified atom stereocenters. The summed E-state index contributed by atoms with van der Waals surface area (Å²) in [6.07, 6.45) is 0. The Labute approximate surface area is 116 Å². The molecule has 0 saturated carbocycles. The Bertz CT molecular complexity index is 555. The third-order valence-electron chi connectivity index (χ3n) is 3.06. The molecule has 2 heterocycles. The van der Waals surface area contributed by atoms with Crippen LogP contribution in [0.1, 0.15) is 5.82 Å². The van der Waals surface area contributed by atoms with E-state index in [0.29, 0.717) is 11.7 Å². The van der Waals surface area contributed by atoms with Crippen molar-refractivity contribution in [2.45, 2.75) is 5.88 Å². The maximum absolute atomic E-state index is 5.89. The van der Waals surface area contributed by atoms with Crippen LogP contribution in [0, 0.1) is 0 Å². The van der Waals surface area contributed by atoms with Gasteiger partial charge < -0.3 is 4.90 Å². The minimum absolute atomic E-state index is 0.362. The third-order valence-corrected chi connectivity index (χ3v) is 4.24. The molecule has 0 amide bonds. The van der Waals surface area contributed by atoms with Crippen molar-refractivity contribution in [2.24, 2.45) is 0 Å². The maximum atomic E-state index is 5.89. The summed E-state index contributed by atoms with van der Waals surface area (Å²) in [4.78, 5) is 11.4. The van der Waals surface area contributed by atoms with E-state index in [4.69, 9.17) is 11.6 Å². The second-order valence-corrected chi connectivity index (χ2v) is 5.71. The van der Waals surface area contributed by atoms with Crippen LogP contribution in [0.4, 0.5) is 5.82 Å². The number of nitrogens with zero attached hydrogens (tertiary/aromatic N) is 3. The second-order valence-electron chi connectivity index (χ2n) is 4.21. The smallest absolute Gasteiger partial charge is 0.146 e. The van der Waals surface area contributed by atoms with Gasteiger partial charge in [0.25, 0.3) is 0 Å². The molecule has 0 atom stereocenters. The molecule has 94 valence electrons. The molecular weight excluding hydrogens is 266 g/mol. The van der Waals surface area contributed by atoms with Crippen LogP contribution >= 0.6 is 23.4 Å². The number of aromatic nitrogens is 2. The Morgan fingerprint density at radius 2 is 1.94 bits per heavy atom. The zero-order valence-corrected chi connectivity index (χ0v) is 11.5. The monoisotopic (exact) mass is 279 g/mol. The van der Waals surface area contributed by atoms with Gasteiger partial charge in [-0.05, 0) is 12.1 Å². The predicted molar refractivity (Wildman–Crippen MR) is 78.6 cm³/mol. The normalized spacial score (nSPS) is 16.2. The van der Waals surface area contributed by atoms with Gasteiger partial charge in [-0.25, -0.2) is 9.97 Å². The van der Waals surface area contributed by atoms with Gasteiger partial charge in [0.1, 0.15) is 11.6 Å². The minimum atomic E-state index is 0.362. The minimum Gasteiger partial charge on any atom is -0.354 e. The van der Waals surface area contributed by atoms with Gasteiger partial charge in [-0.3, -0.25) is 0 Å². The fourth-order valence-corrected chi connectivity index (χ4v) is 3.21. The van der Waals surface area contributed by atoms with Gasteiger partial charge in [0, 0.05) is 30.0 Å². The van der Waals surface area contributed by atoms with Gasteiger partial charge in [-0.2, -0.15) is 11.8 Å². The molecule has 3 rings (SSSR count). The molecule has 1 aromatic carbocycles. The average molecular weight is 280 g/mol. The van der Waals surface area contributed by atoms with Gasteiger partial charge >= 0.3 is 0 Å². The molecule has 0 N–H and O–H groups in total. The number of alkyl halides is 1. The number of halogens is 1. The molecular formula is C13H14ClN3S. The first-order valence-electron chi connectivity index (χ1n) is 6.03. The molecule has 1 aromatic heterocycles. The zero-order chi connectivity index (χ0) is 12.4. The molecule has 1 fully saturated rings. The van der Waals surface area contributed by atoms with E-state index >= 15 is 0 Å². The Kier molecular flexibility index (Phi) is 3.57. The van der Waals surface area contributed by atoms with Gasteiger partial charge in [0.15, 0.2) is 0 Å². The van der Waals surface area contributed by atoms with E-state index in [1.54, 1.807) is 0 Å². The van der Waals surface area contributed by atoms with Crippen LogP contribution < -0.4 is 4.90 Å². The number of fused-ring (bicyclic) bond motifs is 1. The highest BCUT2D eigenvalue weighted by Gasteiger charge is 2.16. The maximum Gasteiger partial charge on any atom is 0.146 e. The molecule has 18 heavy (non-hydrogen) atoms. The Morgan fingerprint density at radius 3 is 2.72 bits per heavy atom. The topological polar surface area (TPSA) is 29.0 Å². The lowest BCUT2D eigenvalue weighted by Gasteiger charge is -2.28. The highest BCUT2D eigenvalue weighted by atomic mass is 35.5. The van der Waals surface area contributed by atoms with Crippen molar-refractivity contribution in [3.05, 3.63) is 30.1 Å².